The summed E-state index contributed by atoms with van der Waals surface area (Å²) in [4.78, 5) is 0. The van der Waals surface area contributed by atoms with E-state index in [1.165, 1.54) is 0 Å². The second-order valence-corrected chi connectivity index (χ2v) is 5.45. The summed E-state index contributed by atoms with van der Waals surface area (Å²) in [6.45, 7) is 0.472. The summed E-state index contributed by atoms with van der Waals surface area (Å²) in [5.74, 6) is 7.22. The van der Waals surface area contributed by atoms with Gasteiger partial charge in [0.25, 0.3) is 0 Å². The van der Waals surface area contributed by atoms with Gasteiger partial charge in [0.1, 0.15) is 12.7 Å². The highest BCUT2D eigenvalue weighted by Crippen LogP contribution is 2.31. The third kappa shape index (κ3) is 3.29. The van der Waals surface area contributed by atoms with Crippen LogP contribution in [0.2, 0.25) is 5.02 Å². The molecule has 2 aromatic carbocycles. The van der Waals surface area contributed by atoms with E-state index in [9.17, 15) is 0 Å². The molecule has 2 atom stereocenters. The molecular formula is C16H17ClN2O2. The quantitative estimate of drug-likeness (QED) is 0.673. The average Bonchev–Trinajstić information content (AvgIpc) is 2.54. The van der Waals surface area contributed by atoms with Crippen molar-refractivity contribution in [3.05, 3.63) is 59.1 Å². The van der Waals surface area contributed by atoms with Crippen molar-refractivity contribution in [2.24, 2.45) is 5.84 Å². The number of fused-ring (bicyclic) bond motifs is 1. The van der Waals surface area contributed by atoms with Gasteiger partial charge >= 0.3 is 0 Å². The van der Waals surface area contributed by atoms with Gasteiger partial charge in [0, 0.05) is 5.02 Å². The molecule has 0 amide bonds. The molecule has 3 N–H and O–H groups in total. The fourth-order valence-electron chi connectivity index (χ4n) is 2.41. The smallest absolute Gasteiger partial charge is 0.161 e. The van der Waals surface area contributed by atoms with E-state index in [1.807, 2.05) is 48.5 Å². The molecule has 0 saturated heterocycles. The zero-order chi connectivity index (χ0) is 14.7. The van der Waals surface area contributed by atoms with E-state index in [-0.39, 0.29) is 12.1 Å². The summed E-state index contributed by atoms with van der Waals surface area (Å²) in [5.41, 5.74) is 3.97. The van der Waals surface area contributed by atoms with Crippen molar-refractivity contribution in [3.8, 4) is 11.5 Å². The minimum absolute atomic E-state index is 0.0421. The van der Waals surface area contributed by atoms with Crippen molar-refractivity contribution in [2.75, 3.05) is 6.61 Å². The summed E-state index contributed by atoms with van der Waals surface area (Å²) >= 11 is 5.90. The van der Waals surface area contributed by atoms with E-state index >= 15 is 0 Å². The number of para-hydroxylation sites is 2. The molecular weight excluding hydrogens is 288 g/mol. The highest BCUT2D eigenvalue weighted by Gasteiger charge is 2.28. The number of ether oxygens (including phenoxy) is 2. The van der Waals surface area contributed by atoms with Crippen molar-refractivity contribution < 1.29 is 9.47 Å². The SMILES string of the molecule is NNC(Cc1ccc(Cl)cc1)C1COc2ccccc2O1. The molecule has 0 aliphatic carbocycles. The van der Waals surface area contributed by atoms with Crippen LogP contribution < -0.4 is 20.7 Å². The molecule has 1 aliphatic heterocycles. The van der Waals surface area contributed by atoms with Crippen LogP contribution in [0.5, 0.6) is 11.5 Å². The molecule has 0 bridgehead atoms. The molecule has 0 fully saturated rings. The van der Waals surface area contributed by atoms with Crippen molar-refractivity contribution in [3.63, 3.8) is 0 Å². The van der Waals surface area contributed by atoms with Crippen LogP contribution in [0.15, 0.2) is 48.5 Å². The van der Waals surface area contributed by atoms with E-state index in [1.54, 1.807) is 0 Å². The van der Waals surface area contributed by atoms with Crippen molar-refractivity contribution in [2.45, 2.75) is 18.6 Å². The van der Waals surface area contributed by atoms with Crippen LogP contribution >= 0.6 is 11.6 Å². The number of rotatable bonds is 4. The maximum atomic E-state index is 5.99. The van der Waals surface area contributed by atoms with Crippen LogP contribution in [-0.2, 0) is 6.42 Å². The summed E-state index contributed by atoms with van der Waals surface area (Å²) in [7, 11) is 0. The zero-order valence-corrected chi connectivity index (χ0v) is 12.2. The molecule has 3 rings (SSSR count). The number of benzene rings is 2. The molecule has 0 radical (unpaired) electrons. The van der Waals surface area contributed by atoms with Gasteiger partial charge in [-0.2, -0.15) is 0 Å². The first-order valence-electron chi connectivity index (χ1n) is 6.85. The first-order valence-corrected chi connectivity index (χ1v) is 7.23. The van der Waals surface area contributed by atoms with Gasteiger partial charge in [0.2, 0.25) is 0 Å². The van der Waals surface area contributed by atoms with Crippen LogP contribution in [0.4, 0.5) is 0 Å². The summed E-state index contributed by atoms with van der Waals surface area (Å²) in [6.07, 6.45) is 0.602. The zero-order valence-electron chi connectivity index (χ0n) is 11.5. The van der Waals surface area contributed by atoms with Crippen LogP contribution in [-0.4, -0.2) is 18.8 Å². The lowest BCUT2D eigenvalue weighted by Gasteiger charge is -2.32. The number of nitrogens with two attached hydrogens (primary N) is 1. The number of halogens is 1. The van der Waals surface area contributed by atoms with Gasteiger partial charge in [0.15, 0.2) is 11.5 Å². The Hall–Kier alpha value is -1.75. The van der Waals surface area contributed by atoms with Gasteiger partial charge in [-0.25, -0.2) is 0 Å². The number of hydrogen-bond donors (Lipinski definition) is 2. The molecule has 21 heavy (non-hydrogen) atoms. The Morgan fingerprint density at radius 3 is 2.57 bits per heavy atom. The lowest BCUT2D eigenvalue weighted by molar-refractivity contribution is 0.0620. The molecule has 0 aromatic heterocycles. The predicted octanol–water partition coefficient (Wildman–Crippen LogP) is 2.55. The molecule has 110 valence electrons. The Labute approximate surface area is 128 Å². The number of nitrogens with one attached hydrogen (secondary N) is 1. The molecule has 0 spiro atoms. The summed E-state index contributed by atoms with van der Waals surface area (Å²) in [6, 6.07) is 15.3. The summed E-state index contributed by atoms with van der Waals surface area (Å²) in [5, 5.41) is 0.724. The third-order valence-electron chi connectivity index (χ3n) is 3.56. The Morgan fingerprint density at radius 1 is 1.14 bits per heavy atom. The predicted molar refractivity (Wildman–Crippen MR) is 82.6 cm³/mol. The highest BCUT2D eigenvalue weighted by atomic mass is 35.5. The van der Waals surface area contributed by atoms with Gasteiger partial charge in [-0.15, -0.1) is 0 Å². The summed E-state index contributed by atoms with van der Waals surface area (Å²) < 4.78 is 11.7. The Bertz CT molecular complexity index is 603. The van der Waals surface area contributed by atoms with Crippen LogP contribution in [0.3, 0.4) is 0 Å². The average molecular weight is 305 g/mol. The van der Waals surface area contributed by atoms with E-state index < -0.39 is 0 Å². The fourth-order valence-corrected chi connectivity index (χ4v) is 2.53. The van der Waals surface area contributed by atoms with Crippen molar-refractivity contribution in [1.29, 1.82) is 0 Å². The molecule has 1 heterocycles. The van der Waals surface area contributed by atoms with Crippen LogP contribution in [0.1, 0.15) is 5.56 Å². The van der Waals surface area contributed by atoms with E-state index in [0.29, 0.717) is 6.61 Å². The van der Waals surface area contributed by atoms with Gasteiger partial charge in [-0.05, 0) is 36.2 Å². The van der Waals surface area contributed by atoms with Gasteiger partial charge in [-0.1, -0.05) is 35.9 Å². The maximum Gasteiger partial charge on any atom is 0.161 e. The normalized spacial score (nSPS) is 18.3. The van der Waals surface area contributed by atoms with Gasteiger partial charge in [0.05, 0.1) is 6.04 Å². The Balaban J connectivity index is 1.71. The molecule has 4 nitrogen and oxygen atoms in total. The molecule has 1 aliphatic rings. The molecule has 2 unspecified atom stereocenters. The van der Waals surface area contributed by atoms with E-state index in [2.05, 4.69) is 5.43 Å². The van der Waals surface area contributed by atoms with Crippen molar-refractivity contribution >= 4 is 11.6 Å². The molecule has 5 heteroatoms. The van der Waals surface area contributed by atoms with Crippen LogP contribution in [0.25, 0.3) is 0 Å². The topological polar surface area (TPSA) is 56.5 Å². The first-order chi connectivity index (χ1) is 10.3. The minimum Gasteiger partial charge on any atom is -0.486 e. The second-order valence-electron chi connectivity index (χ2n) is 5.02. The minimum atomic E-state index is -0.138. The number of hydrazine groups is 1. The van der Waals surface area contributed by atoms with Crippen molar-refractivity contribution in [1.82, 2.24) is 5.43 Å². The maximum absolute atomic E-state index is 5.99. The molecule has 0 saturated carbocycles. The van der Waals surface area contributed by atoms with Gasteiger partial charge in [-0.3, -0.25) is 11.3 Å². The highest BCUT2D eigenvalue weighted by molar-refractivity contribution is 6.30. The Morgan fingerprint density at radius 2 is 1.86 bits per heavy atom. The number of hydrogen-bond acceptors (Lipinski definition) is 4. The molecule has 2 aromatic rings. The van der Waals surface area contributed by atoms with E-state index in [0.717, 1.165) is 28.5 Å². The largest absolute Gasteiger partial charge is 0.486 e. The van der Waals surface area contributed by atoms with Crippen LogP contribution in [0, 0.1) is 0 Å². The van der Waals surface area contributed by atoms with Gasteiger partial charge < -0.3 is 9.47 Å². The first kappa shape index (κ1) is 14.2. The second kappa shape index (κ2) is 6.35. The Kier molecular flexibility index (Phi) is 4.29. The van der Waals surface area contributed by atoms with E-state index in [4.69, 9.17) is 26.9 Å². The third-order valence-corrected chi connectivity index (χ3v) is 3.81. The fraction of sp³-hybridized carbons (Fsp3) is 0.250. The lowest BCUT2D eigenvalue weighted by atomic mass is 10.0. The monoisotopic (exact) mass is 304 g/mol. The lowest BCUT2D eigenvalue weighted by Crippen LogP contribution is -2.51. The standard InChI is InChI=1S/C16H17ClN2O2/c17-12-7-5-11(6-8-12)9-13(19-18)16-10-20-14-3-1-2-4-15(14)21-16/h1-8,13,16,19H,9-10,18H2.